The molecular weight excluding hydrogens is 484 g/mol. The molecule has 12 heteroatoms. The summed E-state index contributed by atoms with van der Waals surface area (Å²) >= 11 is 0. The van der Waals surface area contributed by atoms with Crippen molar-refractivity contribution >= 4 is 28.7 Å². The maximum absolute atomic E-state index is 15.1. The number of carbonyl (C=O) groups is 2. The van der Waals surface area contributed by atoms with E-state index in [1.54, 1.807) is 14.1 Å². The lowest BCUT2D eigenvalue weighted by Gasteiger charge is -2.17. The van der Waals surface area contributed by atoms with Crippen LogP contribution in [-0.4, -0.2) is 69.4 Å². The molecule has 1 aromatic carbocycles. The number of aryl methyl sites for hydroxylation is 1. The van der Waals surface area contributed by atoms with Crippen LogP contribution in [0.3, 0.4) is 0 Å². The van der Waals surface area contributed by atoms with Gasteiger partial charge in [0.05, 0.1) is 30.1 Å². The van der Waals surface area contributed by atoms with Crippen LogP contribution in [0.1, 0.15) is 41.0 Å². The average Bonchev–Trinajstić information content (AvgIpc) is 3.60. The highest BCUT2D eigenvalue weighted by molar-refractivity contribution is 6.00. The van der Waals surface area contributed by atoms with Crippen molar-refractivity contribution in [3.8, 4) is 11.8 Å². The van der Waals surface area contributed by atoms with Crippen LogP contribution < -0.4 is 11.1 Å². The number of methoxy groups -OCH3 is 1. The van der Waals surface area contributed by atoms with Crippen LogP contribution in [0.4, 0.5) is 14.6 Å². The highest BCUT2D eigenvalue weighted by Crippen LogP contribution is 2.29. The quantitative estimate of drug-likeness (QED) is 0.271. The first-order chi connectivity index (χ1) is 17.8. The van der Waals surface area contributed by atoms with Crippen LogP contribution in [0, 0.1) is 23.5 Å². The number of fused-ring (bicyclic) bond motifs is 1. The molecule has 0 saturated carbocycles. The second kappa shape index (κ2) is 10.8. The van der Waals surface area contributed by atoms with E-state index in [1.807, 2.05) is 6.92 Å². The fourth-order valence-corrected chi connectivity index (χ4v) is 4.35. The van der Waals surface area contributed by atoms with Gasteiger partial charge in [0.2, 0.25) is 5.91 Å². The smallest absolute Gasteiger partial charge is 0.255 e. The van der Waals surface area contributed by atoms with E-state index in [0.717, 1.165) is 0 Å². The molecule has 194 valence electrons. The number of benzene rings is 1. The lowest BCUT2D eigenvalue weighted by molar-refractivity contribution is -0.125. The number of rotatable bonds is 8. The lowest BCUT2D eigenvalue weighted by Crippen LogP contribution is -2.28. The van der Waals surface area contributed by atoms with Crippen molar-refractivity contribution in [2.45, 2.75) is 25.9 Å². The first-order valence-electron chi connectivity index (χ1n) is 11.7. The van der Waals surface area contributed by atoms with Gasteiger partial charge >= 0.3 is 0 Å². The Morgan fingerprint density at radius 3 is 2.84 bits per heavy atom. The molecule has 1 aliphatic heterocycles. The highest BCUT2D eigenvalue weighted by atomic mass is 19.1. The molecule has 0 unspecified atom stereocenters. The minimum atomic E-state index is -0.900. The van der Waals surface area contributed by atoms with E-state index in [-0.39, 0.29) is 28.7 Å². The monoisotopic (exact) mass is 511 g/mol. The van der Waals surface area contributed by atoms with E-state index in [2.05, 4.69) is 33.8 Å². The van der Waals surface area contributed by atoms with Crippen LogP contribution in [0.25, 0.3) is 11.0 Å². The number of halogens is 2. The summed E-state index contributed by atoms with van der Waals surface area (Å²) in [5, 5.41) is 7.57. The maximum Gasteiger partial charge on any atom is 0.255 e. The molecule has 0 bridgehead atoms. The zero-order chi connectivity index (χ0) is 26.7. The van der Waals surface area contributed by atoms with E-state index in [0.29, 0.717) is 50.5 Å². The third kappa shape index (κ3) is 4.90. The van der Waals surface area contributed by atoms with Gasteiger partial charge in [-0.2, -0.15) is 5.10 Å². The summed E-state index contributed by atoms with van der Waals surface area (Å²) in [6.45, 7) is 7.31. The molecule has 1 fully saturated rings. The number of imidazole rings is 1. The van der Waals surface area contributed by atoms with Gasteiger partial charge in [0.15, 0.2) is 11.5 Å². The van der Waals surface area contributed by atoms with E-state index in [1.165, 1.54) is 25.6 Å². The zero-order valence-electron chi connectivity index (χ0n) is 20.6. The van der Waals surface area contributed by atoms with Crippen molar-refractivity contribution in [3.63, 3.8) is 0 Å². The van der Waals surface area contributed by atoms with Crippen LogP contribution >= 0.6 is 0 Å². The Balaban J connectivity index is 1.79. The summed E-state index contributed by atoms with van der Waals surface area (Å²) in [7, 11) is 1.53. The molecule has 3 N–H and O–H groups in total. The van der Waals surface area contributed by atoms with Crippen molar-refractivity contribution in [2.24, 2.45) is 5.73 Å². The predicted molar refractivity (Wildman–Crippen MR) is 133 cm³/mol. The number of nitrogens with zero attached hydrogens (tertiary/aromatic N) is 5. The normalized spacial score (nSPS) is 15.0. The summed E-state index contributed by atoms with van der Waals surface area (Å²) in [6.07, 6.45) is 3.22. The van der Waals surface area contributed by atoms with E-state index in [4.69, 9.17) is 10.5 Å². The number of carbonyl (C=O) groups excluding carboxylic acids is 2. The van der Waals surface area contributed by atoms with E-state index >= 15 is 4.39 Å². The van der Waals surface area contributed by atoms with Crippen molar-refractivity contribution < 1.29 is 23.1 Å². The molecular formula is C25H27F2N7O3. The number of anilines is 1. The minimum Gasteiger partial charge on any atom is -0.383 e. The first kappa shape index (κ1) is 25.8. The number of hydrogen-bond donors (Lipinski definition) is 2. The number of primary amides is 1. The van der Waals surface area contributed by atoms with Crippen molar-refractivity contribution in [1.29, 1.82) is 0 Å². The Hall–Kier alpha value is -4.24. The maximum atomic E-state index is 15.1. The average molecular weight is 512 g/mol. The summed E-state index contributed by atoms with van der Waals surface area (Å²) in [6, 6.07) is 0.888. The molecule has 1 atom stereocenters. The fourth-order valence-electron chi connectivity index (χ4n) is 4.35. The van der Waals surface area contributed by atoms with E-state index < -0.39 is 23.1 Å². The number of aromatic nitrogens is 4. The van der Waals surface area contributed by atoms with Gasteiger partial charge in [0.25, 0.3) is 5.91 Å². The molecule has 2 aromatic heterocycles. The molecule has 0 radical (unpaired) electrons. The molecule has 2 amide bonds. The molecule has 0 aliphatic carbocycles. The minimum absolute atomic E-state index is 0.00643. The van der Waals surface area contributed by atoms with Crippen LogP contribution in [0.2, 0.25) is 0 Å². The fraction of sp³-hybridized carbons (Fsp3) is 0.360. The van der Waals surface area contributed by atoms with Gasteiger partial charge in [0.1, 0.15) is 22.7 Å². The largest absolute Gasteiger partial charge is 0.383 e. The van der Waals surface area contributed by atoms with Gasteiger partial charge in [-0.3, -0.25) is 9.59 Å². The first-order valence-corrected chi connectivity index (χ1v) is 11.7. The standard InChI is InChI=1S/C25H27F2N7O3/c1-4-20(35)33-10-8-15(13-33)34-25(29-9-11-37-3)21(24(28)36)18(31-34)7-6-16-17(26)12-19-23(22(16)27)30-14-32(19)5-2/h4,12,14-15,29H,1,5,8-11,13H2,2-3H3,(H2,28,36)/t15-/m0/s1. The van der Waals surface area contributed by atoms with Gasteiger partial charge in [-0.05, 0) is 25.3 Å². The molecule has 37 heavy (non-hydrogen) atoms. The number of nitrogens with one attached hydrogen (secondary N) is 1. The van der Waals surface area contributed by atoms with Gasteiger partial charge in [-0.15, -0.1) is 0 Å². The van der Waals surface area contributed by atoms with Gasteiger partial charge in [0, 0.05) is 39.4 Å². The number of likely N-dealkylation sites (tertiary alicyclic amines) is 1. The molecule has 1 aliphatic rings. The second-order valence-electron chi connectivity index (χ2n) is 8.43. The summed E-state index contributed by atoms with van der Waals surface area (Å²) in [5.41, 5.74) is 5.44. The number of nitrogens with two attached hydrogens (primary N) is 1. The molecule has 0 spiro atoms. The molecule has 3 heterocycles. The molecule has 10 nitrogen and oxygen atoms in total. The Bertz CT molecular complexity index is 1430. The zero-order valence-corrected chi connectivity index (χ0v) is 20.6. The van der Waals surface area contributed by atoms with Crippen molar-refractivity contribution in [1.82, 2.24) is 24.2 Å². The second-order valence-corrected chi connectivity index (χ2v) is 8.43. The molecule has 1 saturated heterocycles. The lowest BCUT2D eigenvalue weighted by atomic mass is 10.1. The van der Waals surface area contributed by atoms with Crippen molar-refractivity contribution in [2.75, 3.05) is 38.7 Å². The predicted octanol–water partition coefficient (Wildman–Crippen LogP) is 2.05. The summed E-state index contributed by atoms with van der Waals surface area (Å²) in [4.78, 5) is 30.2. The highest BCUT2D eigenvalue weighted by Gasteiger charge is 2.31. The SMILES string of the molecule is C=CC(=O)N1CC[C@H](n2nc(C#Cc3c(F)cc4c(ncn4CC)c3F)c(C(N)=O)c2NCCOC)C1. The molecule has 3 aromatic rings. The van der Waals surface area contributed by atoms with Crippen molar-refractivity contribution in [3.05, 3.63) is 53.5 Å². The Labute approximate surface area is 212 Å². The molecule has 4 rings (SSSR count). The summed E-state index contributed by atoms with van der Waals surface area (Å²) in [5.74, 6) is 2.62. The van der Waals surface area contributed by atoms with Gasteiger partial charge < -0.3 is 25.3 Å². The van der Waals surface area contributed by atoms with Crippen LogP contribution in [0.5, 0.6) is 0 Å². The Morgan fingerprint density at radius 2 is 2.16 bits per heavy atom. The summed E-state index contributed by atoms with van der Waals surface area (Å²) < 4.78 is 38.2. The van der Waals surface area contributed by atoms with Gasteiger partial charge in [-0.1, -0.05) is 12.5 Å². The topological polar surface area (TPSA) is 120 Å². The Morgan fingerprint density at radius 1 is 1.38 bits per heavy atom. The van der Waals surface area contributed by atoms with Crippen LogP contribution in [0.15, 0.2) is 25.0 Å². The Kier molecular flexibility index (Phi) is 7.54. The third-order valence-corrected chi connectivity index (χ3v) is 6.21. The number of amides is 2. The third-order valence-electron chi connectivity index (χ3n) is 6.21. The van der Waals surface area contributed by atoms with E-state index in [9.17, 15) is 14.0 Å². The van der Waals surface area contributed by atoms with Crippen LogP contribution in [-0.2, 0) is 16.1 Å². The van der Waals surface area contributed by atoms with Gasteiger partial charge in [-0.25, -0.2) is 18.4 Å². The number of hydrogen-bond acceptors (Lipinski definition) is 6. The number of ether oxygens (including phenoxy) is 1.